The number of methoxy groups -OCH3 is 1. The average molecular weight is 391 g/mol. The lowest BCUT2D eigenvalue weighted by Crippen LogP contribution is -2.18. The fraction of sp³-hybridized carbons (Fsp3) is 0.0588. The zero-order valence-electron chi connectivity index (χ0n) is 13.7. The molecule has 0 radical (unpaired) electrons. The van der Waals surface area contributed by atoms with Crippen LogP contribution < -0.4 is 9.57 Å². The number of ether oxygens (including phenoxy) is 1. The van der Waals surface area contributed by atoms with Crippen LogP contribution in [0.4, 0.5) is 0 Å². The summed E-state index contributed by atoms with van der Waals surface area (Å²) in [4.78, 5) is 6.31. The van der Waals surface area contributed by atoms with Crippen molar-refractivity contribution in [1.82, 2.24) is 14.4 Å². The van der Waals surface area contributed by atoms with E-state index < -0.39 is 10.0 Å². The number of halogens is 1. The lowest BCUT2D eigenvalue weighted by atomic mass is 10.3. The Bertz CT molecular complexity index is 1020. The summed E-state index contributed by atoms with van der Waals surface area (Å²) in [6.45, 7) is 0. The van der Waals surface area contributed by atoms with Gasteiger partial charge in [-0.25, -0.2) is 9.82 Å². The Hall–Kier alpha value is -2.84. The van der Waals surface area contributed by atoms with Crippen molar-refractivity contribution in [2.75, 3.05) is 7.11 Å². The first-order valence-corrected chi connectivity index (χ1v) is 9.34. The highest BCUT2D eigenvalue weighted by Gasteiger charge is 2.13. The zero-order chi connectivity index (χ0) is 18.6. The lowest BCUT2D eigenvalue weighted by molar-refractivity contribution is 0.414. The number of hydrogen-bond donors (Lipinski definition) is 1. The van der Waals surface area contributed by atoms with Gasteiger partial charge >= 0.3 is 0 Å². The fourth-order valence-corrected chi connectivity index (χ4v) is 3.21. The molecule has 0 atom stereocenters. The molecular formula is C17H15ClN4O3S. The van der Waals surface area contributed by atoms with Gasteiger partial charge in [-0.05, 0) is 36.4 Å². The molecule has 26 heavy (non-hydrogen) atoms. The van der Waals surface area contributed by atoms with Gasteiger partial charge in [-0.15, -0.1) is 0 Å². The number of sulfonamides is 1. The largest absolute Gasteiger partial charge is 0.497 e. The van der Waals surface area contributed by atoms with Crippen LogP contribution in [0.1, 0.15) is 5.69 Å². The number of imidazole rings is 1. The van der Waals surface area contributed by atoms with Gasteiger partial charge in [-0.3, -0.25) is 4.57 Å². The Kier molecular flexibility index (Phi) is 5.24. The van der Waals surface area contributed by atoms with Gasteiger partial charge in [0.05, 0.1) is 18.2 Å². The number of hydrazone groups is 1. The Balaban J connectivity index is 1.84. The normalized spacial score (nSPS) is 11.6. The van der Waals surface area contributed by atoms with Gasteiger partial charge in [-0.1, -0.05) is 29.8 Å². The van der Waals surface area contributed by atoms with Gasteiger partial charge in [0.25, 0.3) is 10.0 Å². The van der Waals surface area contributed by atoms with Crippen molar-refractivity contribution in [3.63, 3.8) is 0 Å². The van der Waals surface area contributed by atoms with Crippen LogP contribution in [-0.2, 0) is 10.0 Å². The molecule has 3 rings (SSSR count). The highest BCUT2D eigenvalue weighted by molar-refractivity contribution is 7.89. The molecule has 0 amide bonds. The first kappa shape index (κ1) is 18.0. The molecule has 0 aliphatic heterocycles. The molecule has 0 fully saturated rings. The van der Waals surface area contributed by atoms with E-state index in [4.69, 9.17) is 16.3 Å². The summed E-state index contributed by atoms with van der Waals surface area (Å²) in [5, 5.41) is 4.01. The second-order valence-corrected chi connectivity index (χ2v) is 7.17. The van der Waals surface area contributed by atoms with E-state index in [1.807, 2.05) is 12.1 Å². The standard InChI is InChI=1S/C17H15ClN4O3S/c1-25-14-9-7-13(8-10-14)22-12-19-17(18)16(22)11-20-21-26(23,24)15-5-3-2-4-6-15/h2-12,21H,1H3/b20-11+. The topological polar surface area (TPSA) is 85.6 Å². The molecule has 0 spiro atoms. The Morgan fingerprint density at radius 1 is 1.15 bits per heavy atom. The molecule has 0 aliphatic carbocycles. The molecule has 7 nitrogen and oxygen atoms in total. The van der Waals surface area contributed by atoms with Gasteiger partial charge in [0, 0.05) is 5.69 Å². The number of rotatable bonds is 6. The van der Waals surface area contributed by atoms with Gasteiger partial charge in [0.1, 0.15) is 17.8 Å². The Morgan fingerprint density at radius 2 is 1.85 bits per heavy atom. The van der Waals surface area contributed by atoms with Gasteiger partial charge in [-0.2, -0.15) is 13.5 Å². The highest BCUT2D eigenvalue weighted by atomic mass is 35.5. The minimum absolute atomic E-state index is 0.118. The summed E-state index contributed by atoms with van der Waals surface area (Å²) in [6, 6.07) is 15.2. The molecule has 1 N–H and O–H groups in total. The predicted molar refractivity (Wildman–Crippen MR) is 99.5 cm³/mol. The molecule has 0 saturated carbocycles. The minimum atomic E-state index is -3.75. The van der Waals surface area contributed by atoms with E-state index in [0.717, 1.165) is 5.69 Å². The van der Waals surface area contributed by atoms with Gasteiger partial charge in [0.15, 0.2) is 5.15 Å². The van der Waals surface area contributed by atoms with Crippen LogP contribution in [0.3, 0.4) is 0 Å². The zero-order valence-corrected chi connectivity index (χ0v) is 15.3. The van der Waals surface area contributed by atoms with Crippen LogP contribution >= 0.6 is 11.6 Å². The highest BCUT2D eigenvalue weighted by Crippen LogP contribution is 2.20. The predicted octanol–water partition coefficient (Wildman–Crippen LogP) is 2.85. The number of benzene rings is 2. The third-order valence-corrected chi connectivity index (χ3v) is 5.05. The van der Waals surface area contributed by atoms with Gasteiger partial charge < -0.3 is 4.74 Å². The summed E-state index contributed by atoms with van der Waals surface area (Å²) >= 11 is 6.10. The summed E-state index contributed by atoms with van der Waals surface area (Å²) in [6.07, 6.45) is 2.83. The maximum Gasteiger partial charge on any atom is 0.276 e. The number of nitrogens with one attached hydrogen (secondary N) is 1. The van der Waals surface area contributed by atoms with E-state index in [-0.39, 0.29) is 10.0 Å². The molecule has 0 bridgehead atoms. The van der Waals surface area contributed by atoms with E-state index in [2.05, 4.69) is 14.9 Å². The van der Waals surface area contributed by atoms with Gasteiger partial charge in [0.2, 0.25) is 0 Å². The monoisotopic (exact) mass is 390 g/mol. The van der Waals surface area contributed by atoms with E-state index in [1.54, 1.807) is 42.0 Å². The number of nitrogens with zero attached hydrogens (tertiary/aromatic N) is 3. The van der Waals surface area contributed by atoms with E-state index in [0.29, 0.717) is 11.4 Å². The van der Waals surface area contributed by atoms with Crippen molar-refractivity contribution < 1.29 is 13.2 Å². The first-order chi connectivity index (χ1) is 12.5. The molecule has 9 heteroatoms. The van der Waals surface area contributed by atoms with Crippen molar-refractivity contribution in [2.45, 2.75) is 4.90 Å². The van der Waals surface area contributed by atoms with Crippen LogP contribution in [0, 0.1) is 0 Å². The molecule has 0 aliphatic rings. The average Bonchev–Trinajstić information content (AvgIpc) is 3.03. The summed E-state index contributed by atoms with van der Waals surface area (Å²) in [5.74, 6) is 0.714. The second-order valence-electron chi connectivity index (χ2n) is 5.15. The van der Waals surface area contributed by atoms with E-state index in [1.165, 1.54) is 24.7 Å². The molecule has 3 aromatic rings. The lowest BCUT2D eigenvalue weighted by Gasteiger charge is -2.07. The van der Waals surface area contributed by atoms with Crippen molar-refractivity contribution >= 4 is 27.8 Å². The molecular weight excluding hydrogens is 376 g/mol. The first-order valence-electron chi connectivity index (χ1n) is 7.48. The van der Waals surface area contributed by atoms with Crippen LogP contribution in [0.5, 0.6) is 5.75 Å². The third-order valence-electron chi connectivity index (χ3n) is 3.52. The summed E-state index contributed by atoms with van der Waals surface area (Å²) in [5.41, 5.74) is 1.21. The maximum absolute atomic E-state index is 12.2. The number of hydrogen-bond acceptors (Lipinski definition) is 5. The number of aromatic nitrogens is 2. The Labute approximate surface area is 156 Å². The van der Waals surface area contributed by atoms with Crippen molar-refractivity contribution in [2.24, 2.45) is 5.10 Å². The third kappa shape index (κ3) is 3.87. The molecule has 0 unspecified atom stereocenters. The summed E-state index contributed by atoms with van der Waals surface area (Å²) < 4.78 is 31.2. The van der Waals surface area contributed by atoms with Crippen LogP contribution in [0.2, 0.25) is 5.15 Å². The second kappa shape index (κ2) is 7.59. The summed E-state index contributed by atoms with van der Waals surface area (Å²) in [7, 11) is -2.17. The van der Waals surface area contributed by atoms with Crippen molar-refractivity contribution in [3.8, 4) is 11.4 Å². The SMILES string of the molecule is COc1ccc(-n2cnc(Cl)c2/C=N/NS(=O)(=O)c2ccccc2)cc1. The van der Waals surface area contributed by atoms with Crippen LogP contribution in [-0.4, -0.2) is 31.3 Å². The quantitative estimate of drug-likeness (QED) is 0.518. The maximum atomic E-state index is 12.2. The molecule has 2 aromatic carbocycles. The van der Waals surface area contributed by atoms with Crippen molar-refractivity contribution in [1.29, 1.82) is 0 Å². The fourth-order valence-electron chi connectivity index (χ4n) is 2.21. The van der Waals surface area contributed by atoms with Crippen LogP contribution in [0.25, 0.3) is 5.69 Å². The minimum Gasteiger partial charge on any atom is -0.497 e. The molecule has 1 heterocycles. The smallest absolute Gasteiger partial charge is 0.276 e. The molecule has 1 aromatic heterocycles. The van der Waals surface area contributed by atoms with E-state index >= 15 is 0 Å². The van der Waals surface area contributed by atoms with E-state index in [9.17, 15) is 8.42 Å². The Morgan fingerprint density at radius 3 is 2.50 bits per heavy atom. The molecule has 0 saturated heterocycles. The van der Waals surface area contributed by atoms with Crippen molar-refractivity contribution in [3.05, 3.63) is 71.8 Å². The van der Waals surface area contributed by atoms with Crippen LogP contribution in [0.15, 0.2) is 70.9 Å². The molecule has 134 valence electrons.